The molecule has 0 saturated carbocycles. The van der Waals surface area contributed by atoms with Gasteiger partial charge in [0, 0.05) is 33.6 Å². The van der Waals surface area contributed by atoms with Crippen molar-refractivity contribution < 1.29 is 0 Å². The van der Waals surface area contributed by atoms with Crippen LogP contribution in [0.5, 0.6) is 0 Å². The molecule has 0 aromatic heterocycles. The zero-order valence-corrected chi connectivity index (χ0v) is 42.9. The van der Waals surface area contributed by atoms with Crippen molar-refractivity contribution in [3.63, 3.8) is 0 Å². The zero-order chi connectivity index (χ0) is 51.6. The highest BCUT2D eigenvalue weighted by atomic mass is 15.2. The lowest BCUT2D eigenvalue weighted by molar-refractivity contribution is 0.768. The normalized spacial score (nSPS) is 13.3. The second-order valence-electron chi connectivity index (χ2n) is 20.6. The Hall–Kier alpha value is -10.0. The van der Waals surface area contributed by atoms with Gasteiger partial charge in [0.2, 0.25) is 0 Å². The minimum Gasteiger partial charge on any atom is -0.310 e. The number of para-hydroxylation sites is 2. The van der Waals surface area contributed by atoms with E-state index in [-0.39, 0.29) is 0 Å². The van der Waals surface area contributed by atoms with Crippen molar-refractivity contribution in [3.05, 3.63) is 360 Å². The van der Waals surface area contributed by atoms with Crippen molar-refractivity contribution in [2.75, 3.05) is 9.80 Å². The summed E-state index contributed by atoms with van der Waals surface area (Å²) >= 11 is 0. The molecule has 2 aliphatic carbocycles. The zero-order valence-electron chi connectivity index (χ0n) is 42.9. The van der Waals surface area contributed by atoms with Gasteiger partial charge in [-0.15, -0.1) is 0 Å². The molecule has 0 heterocycles. The molecule has 15 rings (SSSR count). The maximum absolute atomic E-state index is 2.55. The molecule has 0 aliphatic heterocycles. The van der Waals surface area contributed by atoms with E-state index in [0.29, 0.717) is 0 Å². The summed E-state index contributed by atoms with van der Waals surface area (Å²) in [6.07, 6.45) is 0. The molecular weight excluding hydrogens is 941 g/mol. The van der Waals surface area contributed by atoms with E-state index in [9.17, 15) is 0 Å². The molecule has 0 unspecified atom stereocenters. The SMILES string of the molecule is c1ccc(N(c2cc(N(c3ccccc3)c3cccc4c3-c3ccccc3C4(c3ccccc3)c3ccccc3)c3ccc4ccccc4c3c2)c2cccc3c2-c2ccccc2C3(c2ccccc2)c2ccccc2)cc1. The molecule has 0 atom stereocenters. The Balaban J connectivity index is 1.05. The van der Waals surface area contributed by atoms with Crippen LogP contribution in [0.2, 0.25) is 0 Å². The van der Waals surface area contributed by atoms with E-state index in [2.05, 4.69) is 325 Å². The molecule has 2 aliphatic rings. The third-order valence-electron chi connectivity index (χ3n) is 16.8. The van der Waals surface area contributed by atoms with Crippen LogP contribution >= 0.6 is 0 Å². The molecule has 0 bridgehead atoms. The quantitative estimate of drug-likeness (QED) is 0.126. The number of benzene rings is 13. The van der Waals surface area contributed by atoms with E-state index in [1.807, 2.05) is 0 Å². The van der Waals surface area contributed by atoms with Crippen LogP contribution in [0.25, 0.3) is 43.8 Å². The summed E-state index contributed by atoms with van der Waals surface area (Å²) in [5, 5.41) is 4.73. The van der Waals surface area contributed by atoms with E-state index >= 15 is 0 Å². The van der Waals surface area contributed by atoms with Gasteiger partial charge in [0.05, 0.1) is 27.9 Å². The highest BCUT2D eigenvalue weighted by molar-refractivity contribution is 6.16. The fourth-order valence-corrected chi connectivity index (χ4v) is 13.7. The van der Waals surface area contributed by atoms with Gasteiger partial charge < -0.3 is 9.80 Å². The van der Waals surface area contributed by atoms with Gasteiger partial charge in [-0.25, -0.2) is 0 Å². The highest BCUT2D eigenvalue weighted by Gasteiger charge is 2.49. The number of rotatable bonds is 10. The summed E-state index contributed by atoms with van der Waals surface area (Å²) in [5.74, 6) is 0. The summed E-state index contributed by atoms with van der Waals surface area (Å²) in [6.45, 7) is 0. The average molecular weight is 993 g/mol. The summed E-state index contributed by atoms with van der Waals surface area (Å²) in [7, 11) is 0. The van der Waals surface area contributed by atoms with Gasteiger partial charge in [-0.2, -0.15) is 0 Å². The minimum atomic E-state index is -0.574. The van der Waals surface area contributed by atoms with Crippen LogP contribution < -0.4 is 9.80 Å². The molecule has 0 amide bonds. The second kappa shape index (κ2) is 18.4. The van der Waals surface area contributed by atoms with Crippen LogP contribution in [-0.4, -0.2) is 0 Å². The third-order valence-corrected chi connectivity index (χ3v) is 16.8. The van der Waals surface area contributed by atoms with Crippen molar-refractivity contribution in [2.45, 2.75) is 10.8 Å². The molecule has 0 N–H and O–H groups in total. The predicted octanol–water partition coefficient (Wildman–Crippen LogP) is 19.7. The molecule has 366 valence electrons. The predicted molar refractivity (Wildman–Crippen MR) is 325 cm³/mol. The van der Waals surface area contributed by atoms with E-state index in [0.717, 1.165) is 39.5 Å². The molecule has 0 spiro atoms. The van der Waals surface area contributed by atoms with Crippen LogP contribution in [0, 0.1) is 0 Å². The number of hydrogen-bond donors (Lipinski definition) is 0. The Bertz CT molecular complexity index is 4290. The lowest BCUT2D eigenvalue weighted by Crippen LogP contribution is -2.28. The fraction of sp³-hybridized carbons (Fsp3) is 0.0263. The first-order valence-electron chi connectivity index (χ1n) is 27.1. The molecule has 0 radical (unpaired) electrons. The third kappa shape index (κ3) is 6.70. The smallest absolute Gasteiger partial charge is 0.0714 e. The lowest BCUT2D eigenvalue weighted by Gasteiger charge is -2.35. The van der Waals surface area contributed by atoms with Gasteiger partial charge in [0.1, 0.15) is 0 Å². The molecule has 0 saturated heterocycles. The Kier molecular flexibility index (Phi) is 10.7. The Morgan fingerprint density at radius 2 is 0.603 bits per heavy atom. The van der Waals surface area contributed by atoms with Crippen molar-refractivity contribution in [2.24, 2.45) is 0 Å². The Morgan fingerprint density at radius 1 is 0.218 bits per heavy atom. The summed E-state index contributed by atoms with van der Waals surface area (Å²) in [6, 6.07) is 117. The highest BCUT2D eigenvalue weighted by Crippen LogP contribution is 2.62. The summed E-state index contributed by atoms with van der Waals surface area (Å²) in [5.41, 5.74) is 20.3. The summed E-state index contributed by atoms with van der Waals surface area (Å²) < 4.78 is 0. The molecule has 0 fully saturated rings. The molecule has 13 aromatic rings. The number of anilines is 6. The maximum atomic E-state index is 2.55. The van der Waals surface area contributed by atoms with Crippen molar-refractivity contribution >= 4 is 55.7 Å². The van der Waals surface area contributed by atoms with E-state index < -0.39 is 10.8 Å². The van der Waals surface area contributed by atoms with Gasteiger partial charge in [0.15, 0.2) is 0 Å². The van der Waals surface area contributed by atoms with Gasteiger partial charge in [0.25, 0.3) is 0 Å². The first-order valence-corrected chi connectivity index (χ1v) is 27.1. The number of hydrogen-bond acceptors (Lipinski definition) is 2. The van der Waals surface area contributed by atoms with Crippen molar-refractivity contribution in [1.29, 1.82) is 0 Å². The average Bonchev–Trinajstić information content (AvgIpc) is 4.19. The first kappa shape index (κ1) is 45.4. The molecule has 2 nitrogen and oxygen atoms in total. The van der Waals surface area contributed by atoms with Gasteiger partial charge >= 0.3 is 0 Å². The van der Waals surface area contributed by atoms with Crippen LogP contribution in [0.4, 0.5) is 34.1 Å². The van der Waals surface area contributed by atoms with Gasteiger partial charge in [-0.05, 0) is 120 Å². The van der Waals surface area contributed by atoms with Gasteiger partial charge in [-0.1, -0.05) is 267 Å². The van der Waals surface area contributed by atoms with Crippen LogP contribution in [0.1, 0.15) is 44.5 Å². The van der Waals surface area contributed by atoms with Crippen LogP contribution in [-0.2, 0) is 10.8 Å². The van der Waals surface area contributed by atoms with Crippen LogP contribution in [0.3, 0.4) is 0 Å². The largest absolute Gasteiger partial charge is 0.310 e. The maximum Gasteiger partial charge on any atom is 0.0714 e. The standard InChI is InChI=1S/C76H52N2/c1-7-28-54(29-8-1)75(55-30-9-2-10-31-55)66-43-23-21-41-63(66)73-68(75)45-25-47-70(73)77(58-36-15-5-16-37-58)60-51-65-61-40-20-19-27-53(61)49-50-62(65)72(52-60)78(59-38-17-6-18-39-59)71-48-26-46-69-74(71)64-42-22-24-44-67(64)76(69,56-32-11-3-12-33-56)57-34-13-4-14-35-57/h1-52H. The monoisotopic (exact) mass is 992 g/mol. The molecule has 13 aromatic carbocycles. The number of fused-ring (bicyclic) bond motifs is 9. The molecule has 2 heteroatoms. The van der Waals surface area contributed by atoms with E-state index in [1.165, 1.54) is 82.9 Å². The Labute approximate surface area is 456 Å². The van der Waals surface area contributed by atoms with Crippen LogP contribution in [0.15, 0.2) is 315 Å². The Morgan fingerprint density at radius 3 is 1.09 bits per heavy atom. The van der Waals surface area contributed by atoms with Gasteiger partial charge in [-0.3, -0.25) is 0 Å². The van der Waals surface area contributed by atoms with Crippen molar-refractivity contribution in [3.8, 4) is 22.3 Å². The molecular formula is C76H52N2. The van der Waals surface area contributed by atoms with Crippen molar-refractivity contribution in [1.82, 2.24) is 0 Å². The first-order chi connectivity index (χ1) is 38.7. The second-order valence-corrected chi connectivity index (χ2v) is 20.6. The van der Waals surface area contributed by atoms with E-state index in [4.69, 9.17) is 0 Å². The van der Waals surface area contributed by atoms with E-state index in [1.54, 1.807) is 0 Å². The fourth-order valence-electron chi connectivity index (χ4n) is 13.7. The number of nitrogens with zero attached hydrogens (tertiary/aromatic N) is 2. The molecule has 78 heavy (non-hydrogen) atoms. The summed E-state index contributed by atoms with van der Waals surface area (Å²) in [4.78, 5) is 5.07. The lowest BCUT2D eigenvalue weighted by atomic mass is 9.68. The topological polar surface area (TPSA) is 6.48 Å². The minimum absolute atomic E-state index is 0.569.